The van der Waals surface area contributed by atoms with Gasteiger partial charge in [0.1, 0.15) is 0 Å². The average Bonchev–Trinajstić information content (AvgIpc) is 3.23. The summed E-state index contributed by atoms with van der Waals surface area (Å²) in [5, 5.41) is 8.85. The minimum Gasteiger partial charge on any atom is -0.342 e. The minimum absolute atomic E-state index is 0.0866. The van der Waals surface area contributed by atoms with Crippen LogP contribution in [0.25, 0.3) is 0 Å². The molecule has 0 N–H and O–H groups in total. The highest BCUT2D eigenvalue weighted by molar-refractivity contribution is 5.81. The number of benzene rings is 1. The van der Waals surface area contributed by atoms with E-state index in [9.17, 15) is 9.59 Å². The molecule has 2 aliphatic heterocycles. The van der Waals surface area contributed by atoms with Crippen LogP contribution in [0.2, 0.25) is 0 Å². The van der Waals surface area contributed by atoms with Crippen LogP contribution < -0.4 is 0 Å². The summed E-state index contributed by atoms with van der Waals surface area (Å²) in [4.78, 5) is 31.0. The Balaban J connectivity index is 1.43. The Morgan fingerprint density at radius 1 is 1.07 bits per heavy atom. The normalized spacial score (nSPS) is 18.0. The van der Waals surface area contributed by atoms with Gasteiger partial charge in [0.2, 0.25) is 11.8 Å². The standard InChI is InChI=1S/C21H28N4O2/c1-23(15-18-6-4-17(14-22)5-7-18)16-20(26)24-12-8-19(9-13-24)21(27)25-10-2-3-11-25/h4-7,19H,2-3,8-13,15-16H2,1H3. The fourth-order valence-electron chi connectivity index (χ4n) is 3.95. The second-order valence-electron chi connectivity index (χ2n) is 7.67. The number of nitrogens with zero attached hydrogens (tertiary/aromatic N) is 4. The maximum Gasteiger partial charge on any atom is 0.236 e. The Bertz CT molecular complexity index is 696. The lowest BCUT2D eigenvalue weighted by Gasteiger charge is -2.34. The summed E-state index contributed by atoms with van der Waals surface area (Å²) in [6.45, 7) is 4.18. The molecular formula is C21H28N4O2. The Labute approximate surface area is 161 Å². The van der Waals surface area contributed by atoms with E-state index in [1.807, 2.05) is 33.9 Å². The van der Waals surface area contributed by atoms with E-state index >= 15 is 0 Å². The second kappa shape index (κ2) is 9.01. The Hall–Kier alpha value is -2.39. The Morgan fingerprint density at radius 2 is 1.70 bits per heavy atom. The largest absolute Gasteiger partial charge is 0.342 e. The fraction of sp³-hybridized carbons (Fsp3) is 0.571. The van der Waals surface area contributed by atoms with Gasteiger partial charge in [0.05, 0.1) is 18.2 Å². The number of hydrogen-bond acceptors (Lipinski definition) is 4. The van der Waals surface area contributed by atoms with Crippen LogP contribution in [0.15, 0.2) is 24.3 Å². The first kappa shape index (κ1) is 19.4. The van der Waals surface area contributed by atoms with Crippen LogP contribution in [0.4, 0.5) is 0 Å². The maximum atomic E-state index is 12.6. The van der Waals surface area contributed by atoms with Crippen LogP contribution in [-0.4, -0.2) is 66.3 Å². The van der Waals surface area contributed by atoms with Gasteiger partial charge < -0.3 is 9.80 Å². The van der Waals surface area contributed by atoms with Gasteiger partial charge >= 0.3 is 0 Å². The van der Waals surface area contributed by atoms with Crippen molar-refractivity contribution in [3.63, 3.8) is 0 Å². The minimum atomic E-state index is 0.0866. The zero-order valence-electron chi connectivity index (χ0n) is 16.1. The number of nitriles is 1. The van der Waals surface area contributed by atoms with Gasteiger partial charge in [0, 0.05) is 38.6 Å². The van der Waals surface area contributed by atoms with Crippen molar-refractivity contribution in [1.82, 2.24) is 14.7 Å². The molecule has 1 aromatic carbocycles. The van der Waals surface area contributed by atoms with Gasteiger partial charge in [-0.15, -0.1) is 0 Å². The molecule has 2 heterocycles. The molecule has 1 aromatic rings. The number of likely N-dealkylation sites (tertiary alicyclic amines) is 2. The van der Waals surface area contributed by atoms with E-state index in [4.69, 9.17) is 5.26 Å². The monoisotopic (exact) mass is 368 g/mol. The van der Waals surface area contributed by atoms with Crippen LogP contribution in [-0.2, 0) is 16.1 Å². The average molecular weight is 368 g/mol. The van der Waals surface area contributed by atoms with Crippen molar-refractivity contribution in [2.75, 3.05) is 39.8 Å². The van der Waals surface area contributed by atoms with Crippen molar-refractivity contribution in [3.05, 3.63) is 35.4 Å². The molecule has 6 heteroatoms. The lowest BCUT2D eigenvalue weighted by molar-refractivity contribution is -0.140. The van der Waals surface area contributed by atoms with Crippen LogP contribution in [0.3, 0.4) is 0 Å². The maximum absolute atomic E-state index is 12.6. The molecule has 2 saturated heterocycles. The fourth-order valence-corrected chi connectivity index (χ4v) is 3.95. The van der Waals surface area contributed by atoms with Crippen molar-refractivity contribution in [2.45, 2.75) is 32.2 Å². The van der Waals surface area contributed by atoms with Gasteiger partial charge in [-0.05, 0) is 50.4 Å². The summed E-state index contributed by atoms with van der Waals surface area (Å²) in [5.41, 5.74) is 1.73. The molecule has 0 atom stereocenters. The third-order valence-corrected chi connectivity index (χ3v) is 5.56. The van der Waals surface area contributed by atoms with Crippen molar-refractivity contribution in [2.24, 2.45) is 5.92 Å². The van der Waals surface area contributed by atoms with E-state index in [-0.39, 0.29) is 17.7 Å². The van der Waals surface area contributed by atoms with Crippen molar-refractivity contribution >= 4 is 11.8 Å². The summed E-state index contributed by atoms with van der Waals surface area (Å²) >= 11 is 0. The third-order valence-electron chi connectivity index (χ3n) is 5.56. The van der Waals surface area contributed by atoms with Crippen LogP contribution in [0, 0.1) is 17.2 Å². The number of rotatable bonds is 5. The highest BCUT2D eigenvalue weighted by Crippen LogP contribution is 2.22. The molecule has 2 aliphatic rings. The predicted molar refractivity (Wildman–Crippen MR) is 103 cm³/mol. The van der Waals surface area contributed by atoms with Crippen molar-refractivity contribution in [1.29, 1.82) is 5.26 Å². The Kier molecular flexibility index (Phi) is 6.46. The molecule has 0 unspecified atom stereocenters. The molecule has 0 saturated carbocycles. The zero-order valence-corrected chi connectivity index (χ0v) is 16.1. The molecule has 0 spiro atoms. The molecule has 2 fully saturated rings. The van der Waals surface area contributed by atoms with E-state index in [1.54, 1.807) is 12.1 Å². The number of likely N-dealkylation sites (N-methyl/N-ethyl adjacent to an activating group) is 1. The second-order valence-corrected chi connectivity index (χ2v) is 7.67. The molecular weight excluding hydrogens is 340 g/mol. The number of piperidine rings is 1. The quantitative estimate of drug-likeness (QED) is 0.795. The SMILES string of the molecule is CN(CC(=O)N1CCC(C(=O)N2CCCC2)CC1)Cc1ccc(C#N)cc1. The highest BCUT2D eigenvalue weighted by Gasteiger charge is 2.31. The lowest BCUT2D eigenvalue weighted by Crippen LogP contribution is -2.46. The predicted octanol–water partition coefficient (Wildman–Crippen LogP) is 1.85. The van der Waals surface area contributed by atoms with E-state index in [0.29, 0.717) is 31.7 Å². The molecule has 0 radical (unpaired) electrons. The van der Waals surface area contributed by atoms with Gasteiger partial charge in [-0.2, -0.15) is 5.26 Å². The molecule has 6 nitrogen and oxygen atoms in total. The first-order chi connectivity index (χ1) is 13.1. The molecule has 3 rings (SSSR count). The number of carbonyl (C=O) groups is 2. The van der Waals surface area contributed by atoms with Gasteiger partial charge in [-0.25, -0.2) is 0 Å². The van der Waals surface area contributed by atoms with E-state index in [2.05, 4.69) is 6.07 Å². The Morgan fingerprint density at radius 3 is 2.30 bits per heavy atom. The smallest absolute Gasteiger partial charge is 0.236 e. The van der Waals surface area contributed by atoms with E-state index in [1.165, 1.54) is 0 Å². The third kappa shape index (κ3) is 5.08. The number of amides is 2. The van der Waals surface area contributed by atoms with Crippen LogP contribution in [0.1, 0.15) is 36.8 Å². The molecule has 144 valence electrons. The lowest BCUT2D eigenvalue weighted by atomic mass is 9.95. The molecule has 0 bridgehead atoms. The summed E-state index contributed by atoms with van der Waals surface area (Å²) in [5.74, 6) is 0.499. The van der Waals surface area contributed by atoms with Gasteiger partial charge in [-0.1, -0.05) is 12.1 Å². The van der Waals surface area contributed by atoms with Crippen LogP contribution in [0.5, 0.6) is 0 Å². The van der Waals surface area contributed by atoms with Gasteiger partial charge in [0.15, 0.2) is 0 Å². The first-order valence-corrected chi connectivity index (χ1v) is 9.81. The molecule has 0 aliphatic carbocycles. The van der Waals surface area contributed by atoms with E-state index < -0.39 is 0 Å². The summed E-state index contributed by atoms with van der Waals surface area (Å²) < 4.78 is 0. The summed E-state index contributed by atoms with van der Waals surface area (Å²) in [7, 11) is 1.93. The topological polar surface area (TPSA) is 67.7 Å². The van der Waals surface area contributed by atoms with Crippen LogP contribution >= 0.6 is 0 Å². The molecule has 2 amide bonds. The van der Waals surface area contributed by atoms with E-state index in [0.717, 1.165) is 44.3 Å². The zero-order chi connectivity index (χ0) is 19.2. The summed E-state index contributed by atoms with van der Waals surface area (Å²) in [6, 6.07) is 9.56. The highest BCUT2D eigenvalue weighted by atomic mass is 16.2. The van der Waals surface area contributed by atoms with Gasteiger partial charge in [-0.3, -0.25) is 14.5 Å². The van der Waals surface area contributed by atoms with Gasteiger partial charge in [0.25, 0.3) is 0 Å². The first-order valence-electron chi connectivity index (χ1n) is 9.81. The number of hydrogen-bond donors (Lipinski definition) is 0. The summed E-state index contributed by atoms with van der Waals surface area (Å²) in [6.07, 6.45) is 3.80. The number of carbonyl (C=O) groups excluding carboxylic acids is 2. The van der Waals surface area contributed by atoms with Crippen molar-refractivity contribution in [3.8, 4) is 6.07 Å². The molecule has 27 heavy (non-hydrogen) atoms. The molecule has 0 aromatic heterocycles. The van der Waals surface area contributed by atoms with Crippen molar-refractivity contribution < 1.29 is 9.59 Å².